The normalized spacial score (nSPS) is 14.9. The summed E-state index contributed by atoms with van der Waals surface area (Å²) in [6.07, 6.45) is 0. The molecule has 1 nitrogen and oxygen atoms in total. The lowest BCUT2D eigenvalue weighted by Gasteiger charge is -2.43. The Kier molecular flexibility index (Phi) is 6.34. The highest BCUT2D eigenvalue weighted by molar-refractivity contribution is 6.21. The number of hydrogen-bond donors (Lipinski definition) is 0. The third-order valence-corrected chi connectivity index (χ3v) is 11.8. The molecule has 0 spiro atoms. The molecule has 0 amide bonds. The number of para-hydroxylation sites is 1. The molecule has 0 atom stereocenters. The van der Waals surface area contributed by atoms with Crippen LogP contribution in [0.5, 0.6) is 0 Å². The maximum absolute atomic E-state index is 2.51. The first kappa shape index (κ1) is 29.9. The highest BCUT2D eigenvalue weighted by Crippen LogP contribution is 2.57. The van der Waals surface area contributed by atoms with E-state index in [9.17, 15) is 0 Å². The topological polar surface area (TPSA) is 3.24 Å². The quantitative estimate of drug-likeness (QED) is 0.172. The van der Waals surface area contributed by atoms with Crippen molar-refractivity contribution in [2.75, 3.05) is 4.90 Å². The van der Waals surface area contributed by atoms with Crippen LogP contribution in [-0.4, -0.2) is 0 Å². The Labute approximate surface area is 300 Å². The zero-order valence-electron chi connectivity index (χ0n) is 29.5. The standard InChI is InChI=1S/C50H39N/c1-49(2)41-23-13-12-18-35(41)40-30-44-46(31-43(40)49)51(45-25-15-14-24-42(45)50(44,3)4)34-28-26-33(27-29-34)48-38-21-10-8-19-36(38)47(32-16-6-5-7-17-32)37-20-9-11-22-39(37)48/h5-31H,1-4H3. The highest BCUT2D eigenvalue weighted by atomic mass is 15.2. The first-order valence-corrected chi connectivity index (χ1v) is 18.1. The summed E-state index contributed by atoms with van der Waals surface area (Å²) >= 11 is 0. The van der Waals surface area contributed by atoms with Gasteiger partial charge in [0, 0.05) is 16.5 Å². The fraction of sp³-hybridized carbons (Fsp3) is 0.120. The third-order valence-electron chi connectivity index (χ3n) is 11.8. The molecule has 8 aromatic rings. The van der Waals surface area contributed by atoms with Crippen LogP contribution in [0.1, 0.15) is 49.9 Å². The second-order valence-electron chi connectivity index (χ2n) is 15.3. The van der Waals surface area contributed by atoms with Gasteiger partial charge in [-0.1, -0.05) is 161 Å². The van der Waals surface area contributed by atoms with Crippen LogP contribution in [0.15, 0.2) is 164 Å². The van der Waals surface area contributed by atoms with Gasteiger partial charge in [-0.3, -0.25) is 0 Å². The summed E-state index contributed by atoms with van der Waals surface area (Å²) in [7, 11) is 0. The van der Waals surface area contributed by atoms with Gasteiger partial charge in [0.2, 0.25) is 0 Å². The van der Waals surface area contributed by atoms with Crippen molar-refractivity contribution in [3.63, 3.8) is 0 Å². The molecule has 8 aromatic carbocycles. The van der Waals surface area contributed by atoms with Gasteiger partial charge < -0.3 is 4.90 Å². The van der Waals surface area contributed by atoms with E-state index in [1.807, 2.05) is 0 Å². The SMILES string of the molecule is CC1(C)c2ccccc2-c2cc3c(cc21)N(c1ccc(-c2c4ccccc4c(-c4ccccc4)c4ccccc24)cc1)c1ccccc1C3(C)C. The van der Waals surface area contributed by atoms with Crippen LogP contribution >= 0.6 is 0 Å². The van der Waals surface area contributed by atoms with Crippen molar-refractivity contribution >= 4 is 38.6 Å². The van der Waals surface area contributed by atoms with Gasteiger partial charge in [0.05, 0.1) is 11.4 Å². The Bertz CT molecular complexity index is 2620. The molecule has 1 aliphatic carbocycles. The van der Waals surface area contributed by atoms with Crippen LogP contribution in [0.3, 0.4) is 0 Å². The first-order chi connectivity index (χ1) is 24.8. The van der Waals surface area contributed by atoms with Gasteiger partial charge in [-0.05, 0) is 108 Å². The molecule has 51 heavy (non-hydrogen) atoms. The Balaban J connectivity index is 1.18. The Morgan fingerprint density at radius 1 is 0.353 bits per heavy atom. The van der Waals surface area contributed by atoms with E-state index in [0.717, 1.165) is 0 Å². The minimum absolute atomic E-state index is 0.0778. The second kappa shape index (κ2) is 10.8. The van der Waals surface area contributed by atoms with E-state index in [-0.39, 0.29) is 10.8 Å². The van der Waals surface area contributed by atoms with Crippen molar-refractivity contribution in [2.24, 2.45) is 0 Å². The molecule has 1 heteroatoms. The van der Waals surface area contributed by atoms with Crippen LogP contribution in [0.2, 0.25) is 0 Å². The first-order valence-electron chi connectivity index (χ1n) is 18.1. The summed E-state index contributed by atoms with van der Waals surface area (Å²) < 4.78 is 0. The van der Waals surface area contributed by atoms with Crippen molar-refractivity contribution < 1.29 is 0 Å². The third kappa shape index (κ3) is 4.22. The molecule has 0 unspecified atom stereocenters. The molecule has 0 saturated carbocycles. The van der Waals surface area contributed by atoms with Crippen molar-refractivity contribution in [1.82, 2.24) is 0 Å². The van der Waals surface area contributed by atoms with E-state index in [1.54, 1.807) is 0 Å². The van der Waals surface area contributed by atoms with E-state index in [4.69, 9.17) is 0 Å². The lowest BCUT2D eigenvalue weighted by molar-refractivity contribution is 0.627. The summed E-state index contributed by atoms with van der Waals surface area (Å²) in [4.78, 5) is 2.51. The molecule has 0 bridgehead atoms. The van der Waals surface area contributed by atoms with E-state index in [0.29, 0.717) is 0 Å². The van der Waals surface area contributed by atoms with Crippen LogP contribution < -0.4 is 4.90 Å². The van der Waals surface area contributed by atoms with Gasteiger partial charge >= 0.3 is 0 Å². The van der Waals surface area contributed by atoms with Gasteiger partial charge in [-0.15, -0.1) is 0 Å². The second-order valence-corrected chi connectivity index (χ2v) is 15.3. The van der Waals surface area contributed by atoms with Crippen molar-refractivity contribution in [1.29, 1.82) is 0 Å². The number of anilines is 3. The number of hydrogen-bond acceptors (Lipinski definition) is 1. The van der Waals surface area contributed by atoms with E-state index in [2.05, 4.69) is 196 Å². The molecule has 0 radical (unpaired) electrons. The molecule has 0 aromatic heterocycles. The molecule has 1 aliphatic heterocycles. The largest absolute Gasteiger partial charge is 0.310 e. The van der Waals surface area contributed by atoms with Gasteiger partial charge in [0.15, 0.2) is 0 Å². The minimum Gasteiger partial charge on any atom is -0.310 e. The van der Waals surface area contributed by atoms with Gasteiger partial charge in [-0.25, -0.2) is 0 Å². The van der Waals surface area contributed by atoms with Gasteiger partial charge in [0.1, 0.15) is 0 Å². The predicted molar refractivity (Wildman–Crippen MR) is 217 cm³/mol. The fourth-order valence-electron chi connectivity index (χ4n) is 9.30. The lowest BCUT2D eigenvalue weighted by atomic mass is 9.72. The molecule has 0 N–H and O–H groups in total. The zero-order valence-corrected chi connectivity index (χ0v) is 29.5. The lowest BCUT2D eigenvalue weighted by Crippen LogP contribution is -2.31. The smallest absolute Gasteiger partial charge is 0.0506 e. The van der Waals surface area contributed by atoms with Gasteiger partial charge in [0.25, 0.3) is 0 Å². The molecule has 0 fully saturated rings. The summed E-state index contributed by atoms with van der Waals surface area (Å²) in [6.45, 7) is 9.53. The highest BCUT2D eigenvalue weighted by Gasteiger charge is 2.42. The summed E-state index contributed by atoms with van der Waals surface area (Å²) in [5, 5.41) is 5.10. The summed E-state index contributed by atoms with van der Waals surface area (Å²) in [5.41, 5.74) is 16.8. The molecule has 10 rings (SSSR count). The zero-order chi connectivity index (χ0) is 34.5. The average molecular weight is 654 g/mol. The van der Waals surface area contributed by atoms with Crippen LogP contribution in [-0.2, 0) is 10.8 Å². The minimum atomic E-state index is -0.155. The van der Waals surface area contributed by atoms with Crippen molar-refractivity contribution in [2.45, 2.75) is 38.5 Å². The fourth-order valence-corrected chi connectivity index (χ4v) is 9.30. The molecule has 0 saturated heterocycles. The van der Waals surface area contributed by atoms with E-state index < -0.39 is 0 Å². The van der Waals surface area contributed by atoms with Crippen LogP contribution in [0, 0.1) is 0 Å². The Morgan fingerprint density at radius 2 is 0.843 bits per heavy atom. The van der Waals surface area contributed by atoms with E-state index >= 15 is 0 Å². The molecule has 1 heterocycles. The molecule has 244 valence electrons. The monoisotopic (exact) mass is 653 g/mol. The number of fused-ring (bicyclic) bond motifs is 7. The molecule has 2 aliphatic rings. The van der Waals surface area contributed by atoms with Crippen LogP contribution in [0.25, 0.3) is 54.9 Å². The summed E-state index contributed by atoms with van der Waals surface area (Å²) in [6, 6.07) is 60.9. The van der Waals surface area contributed by atoms with Crippen molar-refractivity contribution in [3.05, 3.63) is 186 Å². The predicted octanol–water partition coefficient (Wildman–Crippen LogP) is 13.7. The van der Waals surface area contributed by atoms with Crippen LogP contribution in [0.4, 0.5) is 17.1 Å². The molecular formula is C50H39N. The maximum Gasteiger partial charge on any atom is 0.0506 e. The van der Waals surface area contributed by atoms with E-state index in [1.165, 1.54) is 94.2 Å². The number of benzene rings is 8. The Hall–Kier alpha value is -5.92. The average Bonchev–Trinajstić information content (AvgIpc) is 3.39. The maximum atomic E-state index is 2.51. The summed E-state index contributed by atoms with van der Waals surface area (Å²) in [5.74, 6) is 0. The van der Waals surface area contributed by atoms with Crippen molar-refractivity contribution in [3.8, 4) is 33.4 Å². The number of rotatable bonds is 3. The Morgan fingerprint density at radius 3 is 1.47 bits per heavy atom. The van der Waals surface area contributed by atoms with Gasteiger partial charge in [-0.2, -0.15) is 0 Å². The number of nitrogens with zero attached hydrogens (tertiary/aromatic N) is 1. The molecular weight excluding hydrogens is 615 g/mol.